The number of methoxy groups -OCH3 is 1. The summed E-state index contributed by atoms with van der Waals surface area (Å²) in [6.07, 6.45) is 0. The van der Waals surface area contributed by atoms with E-state index in [1.54, 1.807) is 18.9 Å². The van der Waals surface area contributed by atoms with Crippen molar-refractivity contribution in [1.82, 2.24) is 0 Å². The fourth-order valence-corrected chi connectivity index (χ4v) is 3.11. The summed E-state index contributed by atoms with van der Waals surface area (Å²) in [7, 11) is 1.62. The molecule has 0 radical (unpaired) electrons. The Morgan fingerprint density at radius 1 is 0.955 bits per heavy atom. The van der Waals surface area contributed by atoms with Gasteiger partial charge in [0, 0.05) is 10.5 Å². The molecule has 0 saturated heterocycles. The molecule has 3 heteroatoms. The highest BCUT2D eigenvalue weighted by Gasteiger charge is 2.07. The number of ether oxygens (including phenoxy) is 1. The predicted molar refractivity (Wildman–Crippen MR) is 92.0 cm³/mol. The van der Waals surface area contributed by atoms with Crippen LogP contribution in [0.5, 0.6) is 5.75 Å². The van der Waals surface area contributed by atoms with Gasteiger partial charge in [-0.15, -0.1) is 11.8 Å². The Kier molecular flexibility index (Phi) is 4.45. The third-order valence-corrected chi connectivity index (χ3v) is 4.50. The zero-order valence-electron chi connectivity index (χ0n) is 12.3. The van der Waals surface area contributed by atoms with E-state index in [4.69, 9.17) is 4.74 Å². The molecule has 0 aromatic heterocycles. The van der Waals surface area contributed by atoms with Crippen molar-refractivity contribution in [3.8, 4) is 5.75 Å². The lowest BCUT2D eigenvalue weighted by molar-refractivity contribution is 0.102. The van der Waals surface area contributed by atoms with Crippen LogP contribution in [0.25, 0.3) is 10.8 Å². The number of carbonyl (C=O) groups excluding carboxylic acids is 1. The Hall–Kier alpha value is -2.26. The zero-order valence-corrected chi connectivity index (χ0v) is 13.1. The SMILES string of the molecule is COc1ccc(C(=O)CSc2ccc3ccccc3c2)cc1. The number of hydrogen-bond acceptors (Lipinski definition) is 3. The minimum Gasteiger partial charge on any atom is -0.497 e. The summed E-state index contributed by atoms with van der Waals surface area (Å²) in [5.41, 5.74) is 0.717. The van der Waals surface area contributed by atoms with Crippen LogP contribution in [-0.2, 0) is 0 Å². The predicted octanol–water partition coefficient (Wildman–Crippen LogP) is 4.82. The molecule has 0 saturated carbocycles. The second-order valence-corrected chi connectivity index (χ2v) is 6.00. The van der Waals surface area contributed by atoms with Gasteiger partial charge in [0.25, 0.3) is 0 Å². The molecule has 3 rings (SSSR count). The maximum Gasteiger partial charge on any atom is 0.173 e. The third kappa shape index (κ3) is 3.31. The fourth-order valence-electron chi connectivity index (χ4n) is 2.27. The highest BCUT2D eigenvalue weighted by atomic mass is 32.2. The molecule has 0 bridgehead atoms. The van der Waals surface area contributed by atoms with Crippen LogP contribution in [-0.4, -0.2) is 18.6 Å². The minimum atomic E-state index is 0.126. The number of ketones is 1. The van der Waals surface area contributed by atoms with Crippen molar-refractivity contribution in [2.45, 2.75) is 4.90 Å². The maximum atomic E-state index is 12.2. The Labute approximate surface area is 134 Å². The van der Waals surface area contributed by atoms with Crippen LogP contribution >= 0.6 is 11.8 Å². The number of thioether (sulfide) groups is 1. The summed E-state index contributed by atoms with van der Waals surface area (Å²) >= 11 is 1.57. The van der Waals surface area contributed by atoms with Gasteiger partial charge in [-0.2, -0.15) is 0 Å². The smallest absolute Gasteiger partial charge is 0.173 e. The lowest BCUT2D eigenvalue weighted by Gasteiger charge is -2.05. The number of Topliss-reactive ketones (excluding diaryl/α,β-unsaturated/α-hetero) is 1. The van der Waals surface area contributed by atoms with Crippen molar-refractivity contribution in [2.24, 2.45) is 0 Å². The van der Waals surface area contributed by atoms with Gasteiger partial charge in [-0.05, 0) is 47.2 Å². The Balaban J connectivity index is 1.68. The monoisotopic (exact) mass is 308 g/mol. The summed E-state index contributed by atoms with van der Waals surface area (Å²) in [6, 6.07) is 21.8. The molecule has 0 fully saturated rings. The third-order valence-electron chi connectivity index (χ3n) is 3.50. The topological polar surface area (TPSA) is 26.3 Å². The molecule has 0 aliphatic heterocycles. The minimum absolute atomic E-state index is 0.126. The van der Waals surface area contributed by atoms with Gasteiger partial charge in [0.2, 0.25) is 0 Å². The van der Waals surface area contributed by atoms with E-state index in [9.17, 15) is 4.79 Å². The van der Waals surface area contributed by atoms with E-state index >= 15 is 0 Å². The van der Waals surface area contributed by atoms with Gasteiger partial charge in [0.15, 0.2) is 5.78 Å². The first-order chi connectivity index (χ1) is 10.8. The average molecular weight is 308 g/mol. The van der Waals surface area contributed by atoms with Crippen molar-refractivity contribution in [2.75, 3.05) is 12.9 Å². The van der Waals surface area contributed by atoms with Crippen LogP contribution in [0, 0.1) is 0 Å². The van der Waals surface area contributed by atoms with Gasteiger partial charge < -0.3 is 4.74 Å². The van der Waals surface area contributed by atoms with Gasteiger partial charge in [-0.1, -0.05) is 30.3 Å². The van der Waals surface area contributed by atoms with Crippen LogP contribution in [0.15, 0.2) is 71.6 Å². The van der Waals surface area contributed by atoms with Gasteiger partial charge in [0.05, 0.1) is 12.9 Å². The molecule has 110 valence electrons. The first-order valence-corrected chi connectivity index (χ1v) is 8.04. The van der Waals surface area contributed by atoms with E-state index < -0.39 is 0 Å². The highest BCUT2D eigenvalue weighted by Crippen LogP contribution is 2.24. The second-order valence-electron chi connectivity index (χ2n) is 4.95. The Morgan fingerprint density at radius 2 is 1.68 bits per heavy atom. The highest BCUT2D eigenvalue weighted by molar-refractivity contribution is 8.00. The average Bonchev–Trinajstić information content (AvgIpc) is 2.59. The van der Waals surface area contributed by atoms with Crippen molar-refractivity contribution in [3.63, 3.8) is 0 Å². The van der Waals surface area contributed by atoms with Crippen molar-refractivity contribution in [1.29, 1.82) is 0 Å². The van der Waals surface area contributed by atoms with Gasteiger partial charge in [-0.3, -0.25) is 4.79 Å². The standard InChI is InChI=1S/C19H16O2S/c1-21-17-9-6-15(7-10-17)19(20)13-22-18-11-8-14-4-2-3-5-16(14)12-18/h2-12H,13H2,1H3. The zero-order chi connectivity index (χ0) is 15.4. The normalized spacial score (nSPS) is 10.6. The molecular weight excluding hydrogens is 292 g/mol. The Bertz CT molecular complexity index is 794. The van der Waals surface area contributed by atoms with Crippen LogP contribution in [0.1, 0.15) is 10.4 Å². The number of carbonyl (C=O) groups is 1. The number of fused-ring (bicyclic) bond motifs is 1. The van der Waals surface area contributed by atoms with Crippen molar-refractivity contribution >= 4 is 28.3 Å². The molecule has 22 heavy (non-hydrogen) atoms. The van der Waals surface area contributed by atoms with Crippen LogP contribution in [0.4, 0.5) is 0 Å². The first kappa shape index (κ1) is 14.7. The summed E-state index contributed by atoms with van der Waals surface area (Å²) in [4.78, 5) is 13.3. The van der Waals surface area contributed by atoms with Gasteiger partial charge in [0.1, 0.15) is 5.75 Å². The summed E-state index contributed by atoms with van der Waals surface area (Å²) in [6.45, 7) is 0. The number of hydrogen-bond donors (Lipinski definition) is 0. The van der Waals surface area contributed by atoms with Gasteiger partial charge >= 0.3 is 0 Å². The molecule has 0 unspecified atom stereocenters. The molecule has 0 amide bonds. The number of benzene rings is 3. The molecule has 0 aliphatic carbocycles. The Morgan fingerprint density at radius 3 is 2.41 bits per heavy atom. The molecule has 0 heterocycles. The number of rotatable bonds is 5. The largest absolute Gasteiger partial charge is 0.497 e. The molecule has 3 aromatic carbocycles. The summed E-state index contributed by atoms with van der Waals surface area (Å²) in [5.74, 6) is 1.32. The maximum absolute atomic E-state index is 12.2. The van der Waals surface area contributed by atoms with Crippen molar-refractivity contribution < 1.29 is 9.53 Å². The molecule has 3 aromatic rings. The first-order valence-electron chi connectivity index (χ1n) is 7.05. The van der Waals surface area contributed by atoms with E-state index in [2.05, 4.69) is 30.3 Å². The molecule has 0 spiro atoms. The van der Waals surface area contributed by atoms with Crippen LogP contribution in [0.2, 0.25) is 0 Å². The van der Waals surface area contributed by atoms with E-state index in [1.807, 2.05) is 36.4 Å². The molecule has 0 N–H and O–H groups in total. The van der Waals surface area contributed by atoms with Gasteiger partial charge in [-0.25, -0.2) is 0 Å². The van der Waals surface area contributed by atoms with Crippen LogP contribution in [0.3, 0.4) is 0 Å². The van der Waals surface area contributed by atoms with Crippen LogP contribution < -0.4 is 4.74 Å². The fraction of sp³-hybridized carbons (Fsp3) is 0.105. The lowest BCUT2D eigenvalue weighted by atomic mass is 10.1. The lowest BCUT2D eigenvalue weighted by Crippen LogP contribution is -2.02. The van der Waals surface area contributed by atoms with Crippen molar-refractivity contribution in [3.05, 3.63) is 72.3 Å². The summed E-state index contributed by atoms with van der Waals surface area (Å²) < 4.78 is 5.10. The second kappa shape index (κ2) is 6.67. The molecular formula is C19H16O2S. The summed E-state index contributed by atoms with van der Waals surface area (Å²) in [5, 5.41) is 2.41. The van der Waals surface area contributed by atoms with E-state index in [0.29, 0.717) is 11.3 Å². The van der Waals surface area contributed by atoms with E-state index in [1.165, 1.54) is 10.8 Å². The molecule has 2 nitrogen and oxygen atoms in total. The van der Waals surface area contributed by atoms with E-state index in [-0.39, 0.29) is 5.78 Å². The van der Waals surface area contributed by atoms with E-state index in [0.717, 1.165) is 10.6 Å². The molecule has 0 atom stereocenters. The quantitative estimate of drug-likeness (QED) is 0.499. The molecule has 0 aliphatic rings.